The summed E-state index contributed by atoms with van der Waals surface area (Å²) in [6, 6.07) is 7.52. The topological polar surface area (TPSA) is 66.4 Å². The van der Waals surface area contributed by atoms with Crippen molar-refractivity contribution in [2.45, 2.75) is 39.7 Å². The zero-order valence-corrected chi connectivity index (χ0v) is 11.6. The first-order valence-electron chi connectivity index (χ1n) is 6.42. The molecule has 0 aliphatic rings. The standard InChI is InChI=1S/C15H21NO3/c1-10(15(19)8-11(2)17)7-13-5-4-6-14(9-13)16-12(3)18/h4-6,9-10,15,19H,7-8H2,1-3H3,(H,16,18). The van der Waals surface area contributed by atoms with Crippen LogP contribution >= 0.6 is 0 Å². The van der Waals surface area contributed by atoms with E-state index >= 15 is 0 Å². The van der Waals surface area contributed by atoms with Gasteiger partial charge in [0.2, 0.25) is 5.91 Å². The summed E-state index contributed by atoms with van der Waals surface area (Å²) in [6.07, 6.45) is 0.232. The van der Waals surface area contributed by atoms with Crippen LogP contribution in [0.3, 0.4) is 0 Å². The van der Waals surface area contributed by atoms with Gasteiger partial charge in [0.25, 0.3) is 0 Å². The third kappa shape index (κ3) is 5.66. The molecule has 1 aromatic rings. The second kappa shape index (κ2) is 7.04. The maximum absolute atomic E-state index is 11.0. The van der Waals surface area contributed by atoms with Gasteiger partial charge in [-0.15, -0.1) is 0 Å². The van der Waals surface area contributed by atoms with Gasteiger partial charge in [0.05, 0.1) is 6.10 Å². The summed E-state index contributed by atoms with van der Waals surface area (Å²) < 4.78 is 0. The van der Waals surface area contributed by atoms with Crippen molar-refractivity contribution in [1.29, 1.82) is 0 Å². The van der Waals surface area contributed by atoms with Crippen molar-refractivity contribution < 1.29 is 14.7 Å². The molecule has 2 atom stereocenters. The Bertz CT molecular complexity index is 456. The van der Waals surface area contributed by atoms with Gasteiger partial charge in [-0.3, -0.25) is 9.59 Å². The summed E-state index contributed by atoms with van der Waals surface area (Å²) in [5.41, 5.74) is 1.78. The number of rotatable bonds is 6. The second-order valence-corrected chi connectivity index (χ2v) is 5.04. The molecule has 2 N–H and O–H groups in total. The van der Waals surface area contributed by atoms with Crippen molar-refractivity contribution in [1.82, 2.24) is 0 Å². The van der Waals surface area contributed by atoms with Gasteiger partial charge in [-0.05, 0) is 37.0 Å². The van der Waals surface area contributed by atoms with Crippen molar-refractivity contribution in [3.63, 3.8) is 0 Å². The number of hydrogen-bond donors (Lipinski definition) is 2. The van der Waals surface area contributed by atoms with Crippen molar-refractivity contribution >= 4 is 17.4 Å². The van der Waals surface area contributed by atoms with E-state index in [-0.39, 0.29) is 24.0 Å². The van der Waals surface area contributed by atoms with Gasteiger partial charge in [-0.2, -0.15) is 0 Å². The van der Waals surface area contributed by atoms with E-state index in [1.165, 1.54) is 13.8 Å². The number of nitrogens with one attached hydrogen (secondary N) is 1. The van der Waals surface area contributed by atoms with Gasteiger partial charge in [0, 0.05) is 19.0 Å². The van der Waals surface area contributed by atoms with E-state index in [2.05, 4.69) is 5.32 Å². The van der Waals surface area contributed by atoms with E-state index in [9.17, 15) is 14.7 Å². The fourth-order valence-electron chi connectivity index (χ4n) is 1.98. The number of ketones is 1. The Balaban J connectivity index is 2.65. The van der Waals surface area contributed by atoms with Crippen molar-refractivity contribution in [2.75, 3.05) is 5.32 Å². The minimum atomic E-state index is -0.623. The monoisotopic (exact) mass is 263 g/mol. The molecule has 4 nitrogen and oxygen atoms in total. The van der Waals surface area contributed by atoms with Crippen LogP contribution in [0.25, 0.3) is 0 Å². The van der Waals surface area contributed by atoms with Gasteiger partial charge < -0.3 is 10.4 Å². The summed E-state index contributed by atoms with van der Waals surface area (Å²) >= 11 is 0. The van der Waals surface area contributed by atoms with Gasteiger partial charge >= 0.3 is 0 Å². The molecular formula is C15H21NO3. The summed E-state index contributed by atoms with van der Waals surface area (Å²) in [5, 5.41) is 12.6. The molecule has 0 heterocycles. The zero-order chi connectivity index (χ0) is 14.4. The lowest BCUT2D eigenvalue weighted by atomic mass is 9.93. The fraction of sp³-hybridized carbons (Fsp3) is 0.467. The molecule has 0 saturated carbocycles. The van der Waals surface area contributed by atoms with Gasteiger partial charge in [-0.1, -0.05) is 19.1 Å². The van der Waals surface area contributed by atoms with Gasteiger partial charge in [-0.25, -0.2) is 0 Å². The molecule has 0 spiro atoms. The summed E-state index contributed by atoms with van der Waals surface area (Å²) in [5.74, 6) is -0.121. The van der Waals surface area contributed by atoms with E-state index in [1.54, 1.807) is 0 Å². The summed E-state index contributed by atoms with van der Waals surface area (Å²) in [7, 11) is 0. The third-order valence-electron chi connectivity index (χ3n) is 2.96. The average Bonchev–Trinajstić information content (AvgIpc) is 2.27. The number of Topliss-reactive ketones (excluding diaryl/α,β-unsaturated/α-hetero) is 1. The largest absolute Gasteiger partial charge is 0.392 e. The summed E-state index contributed by atoms with van der Waals surface area (Å²) in [6.45, 7) is 4.86. The molecule has 4 heteroatoms. The van der Waals surface area contributed by atoms with Crippen molar-refractivity contribution in [2.24, 2.45) is 5.92 Å². The first kappa shape index (κ1) is 15.4. The Kier molecular flexibility index (Phi) is 5.70. The summed E-state index contributed by atoms with van der Waals surface area (Å²) in [4.78, 5) is 22.0. The molecule has 0 aliphatic carbocycles. The van der Waals surface area contributed by atoms with Crippen LogP contribution < -0.4 is 5.32 Å². The quantitative estimate of drug-likeness (QED) is 0.826. The Morgan fingerprint density at radius 3 is 2.58 bits per heavy atom. The first-order chi connectivity index (χ1) is 8.88. The number of aliphatic hydroxyl groups is 1. The van der Waals surface area contributed by atoms with Crippen LogP contribution in [0.4, 0.5) is 5.69 Å². The van der Waals surface area contributed by atoms with Crippen LogP contribution in [0.15, 0.2) is 24.3 Å². The van der Waals surface area contributed by atoms with E-state index in [0.29, 0.717) is 6.42 Å². The van der Waals surface area contributed by atoms with Gasteiger partial charge in [0.15, 0.2) is 0 Å². The molecule has 0 aromatic heterocycles. The molecule has 0 saturated heterocycles. The number of amides is 1. The molecule has 1 amide bonds. The maximum atomic E-state index is 11.0. The molecule has 0 bridgehead atoms. The number of benzene rings is 1. The van der Waals surface area contributed by atoms with Crippen LogP contribution in [-0.4, -0.2) is 22.9 Å². The van der Waals surface area contributed by atoms with E-state index in [0.717, 1.165) is 11.3 Å². The zero-order valence-electron chi connectivity index (χ0n) is 11.6. The molecule has 2 unspecified atom stereocenters. The maximum Gasteiger partial charge on any atom is 0.221 e. The predicted molar refractivity (Wildman–Crippen MR) is 74.9 cm³/mol. The highest BCUT2D eigenvalue weighted by atomic mass is 16.3. The van der Waals surface area contributed by atoms with Crippen LogP contribution in [0.2, 0.25) is 0 Å². The van der Waals surface area contributed by atoms with E-state index < -0.39 is 6.10 Å². The fourth-order valence-corrected chi connectivity index (χ4v) is 1.98. The second-order valence-electron chi connectivity index (χ2n) is 5.04. The van der Waals surface area contributed by atoms with Crippen LogP contribution in [0.1, 0.15) is 32.8 Å². The third-order valence-corrected chi connectivity index (χ3v) is 2.96. The molecule has 104 valence electrons. The van der Waals surface area contributed by atoms with Crippen molar-refractivity contribution in [3.05, 3.63) is 29.8 Å². The minimum absolute atomic E-state index is 0.00326. The first-order valence-corrected chi connectivity index (χ1v) is 6.42. The van der Waals surface area contributed by atoms with Crippen LogP contribution in [-0.2, 0) is 16.0 Å². The number of carbonyl (C=O) groups is 2. The highest BCUT2D eigenvalue weighted by Gasteiger charge is 2.16. The smallest absolute Gasteiger partial charge is 0.221 e. The molecule has 1 rings (SSSR count). The lowest BCUT2D eigenvalue weighted by Crippen LogP contribution is -2.22. The minimum Gasteiger partial charge on any atom is -0.392 e. The molecular weight excluding hydrogens is 242 g/mol. The number of hydrogen-bond acceptors (Lipinski definition) is 3. The molecule has 0 fully saturated rings. The molecule has 19 heavy (non-hydrogen) atoms. The van der Waals surface area contributed by atoms with Crippen LogP contribution in [0, 0.1) is 5.92 Å². The lowest BCUT2D eigenvalue weighted by Gasteiger charge is -2.18. The van der Waals surface area contributed by atoms with Crippen molar-refractivity contribution in [3.8, 4) is 0 Å². The Morgan fingerprint density at radius 2 is 2.00 bits per heavy atom. The SMILES string of the molecule is CC(=O)CC(O)C(C)Cc1cccc(NC(C)=O)c1. The Hall–Kier alpha value is -1.68. The van der Waals surface area contributed by atoms with Crippen LogP contribution in [0.5, 0.6) is 0 Å². The molecule has 0 radical (unpaired) electrons. The molecule has 0 aliphatic heterocycles. The number of anilines is 1. The normalized spacial score (nSPS) is 13.7. The Morgan fingerprint density at radius 1 is 1.32 bits per heavy atom. The highest BCUT2D eigenvalue weighted by molar-refractivity contribution is 5.88. The lowest BCUT2D eigenvalue weighted by molar-refractivity contribution is -0.119. The molecule has 1 aromatic carbocycles. The number of aliphatic hydroxyl groups excluding tert-OH is 1. The van der Waals surface area contributed by atoms with Gasteiger partial charge in [0.1, 0.15) is 5.78 Å². The Labute approximate surface area is 113 Å². The predicted octanol–water partition coefficient (Wildman–Crippen LogP) is 2.16. The van der Waals surface area contributed by atoms with E-state index in [1.807, 2.05) is 31.2 Å². The highest BCUT2D eigenvalue weighted by Crippen LogP contribution is 2.18. The average molecular weight is 263 g/mol. The number of carbonyl (C=O) groups excluding carboxylic acids is 2. The van der Waals surface area contributed by atoms with E-state index in [4.69, 9.17) is 0 Å².